The summed E-state index contributed by atoms with van der Waals surface area (Å²) in [5, 5.41) is 44.8. The van der Waals surface area contributed by atoms with E-state index >= 15 is 0 Å². The lowest BCUT2D eigenvalue weighted by Crippen LogP contribution is -2.11. The van der Waals surface area contributed by atoms with E-state index in [2.05, 4.69) is 43.9 Å². The van der Waals surface area contributed by atoms with E-state index in [1.165, 1.54) is 12.1 Å². The van der Waals surface area contributed by atoms with Gasteiger partial charge in [0.15, 0.2) is 17.9 Å². The van der Waals surface area contributed by atoms with Gasteiger partial charge in [-0.3, -0.25) is 14.9 Å². The number of hydrogen-bond acceptors (Lipinski definition) is 11. The average molecular weight is 494 g/mol. The molecule has 2 aromatic carbocycles. The Morgan fingerprint density at radius 1 is 1.14 bits per heavy atom. The molecule has 0 bridgehead atoms. The van der Waals surface area contributed by atoms with Gasteiger partial charge in [0.25, 0.3) is 5.69 Å². The Morgan fingerprint density at radius 3 is 2.59 bits per heavy atom. The fourth-order valence-corrected chi connectivity index (χ4v) is 3.08. The molecule has 182 valence electrons. The maximum atomic E-state index is 11.0. The van der Waals surface area contributed by atoms with Crippen LogP contribution in [0.3, 0.4) is 0 Å². The van der Waals surface area contributed by atoms with Gasteiger partial charge in [-0.05, 0) is 25.1 Å². The van der Waals surface area contributed by atoms with Gasteiger partial charge in [0, 0.05) is 29.3 Å². The molecule has 1 aromatic heterocycles. The number of nitrogens with zero attached hydrogens (tertiary/aromatic N) is 6. The quantitative estimate of drug-likeness (QED) is 0.106. The van der Waals surface area contributed by atoms with Crippen LogP contribution in [0.25, 0.3) is 0 Å². The number of non-ortho nitro benzene ring substituents is 1. The van der Waals surface area contributed by atoms with Gasteiger partial charge in [-0.2, -0.15) is 10.5 Å². The molecule has 0 radical (unpaired) electrons. The van der Waals surface area contributed by atoms with Crippen LogP contribution >= 0.6 is 0 Å². The Kier molecular flexibility index (Phi) is 8.79. The smallest absolute Gasteiger partial charge is 0.270 e. The van der Waals surface area contributed by atoms with E-state index in [4.69, 9.17) is 4.74 Å². The van der Waals surface area contributed by atoms with E-state index in [9.17, 15) is 25.4 Å². The molecule has 2 N–H and O–H groups in total. The zero-order valence-electron chi connectivity index (χ0n) is 19.4. The number of aromatic nitrogens is 1. The van der Waals surface area contributed by atoms with E-state index < -0.39 is 4.92 Å². The largest absolute Gasteiger partial charge is 0.444 e. The minimum Gasteiger partial charge on any atom is -0.444 e. The Morgan fingerprint density at radius 2 is 1.92 bits per heavy atom. The molecule has 0 fully saturated rings. The summed E-state index contributed by atoms with van der Waals surface area (Å²) in [4.78, 5) is 25.2. The molecular weight excluding hydrogens is 476 g/mol. The van der Waals surface area contributed by atoms with Gasteiger partial charge in [0.05, 0.1) is 22.6 Å². The number of anilines is 3. The number of aldehydes is 1. The second kappa shape index (κ2) is 12.6. The van der Waals surface area contributed by atoms with Crippen molar-refractivity contribution in [3.8, 4) is 24.2 Å². The van der Waals surface area contributed by atoms with Crippen LogP contribution in [0.2, 0.25) is 0 Å². The molecule has 37 heavy (non-hydrogen) atoms. The van der Waals surface area contributed by atoms with Crippen LogP contribution in [0.1, 0.15) is 16.7 Å². The number of rotatable bonds is 9. The molecule has 0 amide bonds. The molecule has 0 saturated heterocycles. The van der Waals surface area contributed by atoms with E-state index in [-0.39, 0.29) is 53.0 Å². The van der Waals surface area contributed by atoms with Crippen LogP contribution in [-0.2, 0) is 9.53 Å². The molecule has 0 aliphatic rings. The number of nitro benzene ring substituents is 1. The highest BCUT2D eigenvalue weighted by atomic mass is 16.6. The van der Waals surface area contributed by atoms with E-state index in [0.29, 0.717) is 17.5 Å². The Hall–Kier alpha value is -5.80. The Bertz CT molecular complexity index is 1500. The zero-order valence-corrected chi connectivity index (χ0v) is 19.4. The van der Waals surface area contributed by atoms with Crippen molar-refractivity contribution in [3.05, 3.63) is 75.3 Å². The summed E-state index contributed by atoms with van der Waals surface area (Å²) in [6.45, 7) is 2.00. The van der Waals surface area contributed by atoms with Crippen LogP contribution in [0.5, 0.6) is 0 Å². The number of nitro groups is 1. The number of pyridine rings is 1. The summed E-state index contributed by atoms with van der Waals surface area (Å²) < 4.78 is 5.03. The summed E-state index contributed by atoms with van der Waals surface area (Å²) in [7, 11) is 0. The van der Waals surface area contributed by atoms with Gasteiger partial charge in [-0.25, -0.2) is 4.98 Å². The Labute approximate surface area is 211 Å². The fourth-order valence-electron chi connectivity index (χ4n) is 3.08. The van der Waals surface area contributed by atoms with Crippen molar-refractivity contribution in [3.63, 3.8) is 0 Å². The van der Waals surface area contributed by atoms with Gasteiger partial charge in [0.2, 0.25) is 0 Å². The molecule has 12 heteroatoms. The molecule has 0 atom stereocenters. The number of para-hydroxylation sites is 1. The highest BCUT2D eigenvalue weighted by molar-refractivity contribution is 5.76. The predicted octanol–water partition coefficient (Wildman–Crippen LogP) is 4.79. The molecule has 0 unspecified atom stereocenters. The monoisotopic (exact) mass is 494 g/mol. The van der Waals surface area contributed by atoms with Gasteiger partial charge < -0.3 is 15.4 Å². The minimum absolute atomic E-state index is 0.0388. The first-order chi connectivity index (χ1) is 18.0. The van der Waals surface area contributed by atoms with Gasteiger partial charge in [-0.1, -0.05) is 18.2 Å². The molecule has 3 aromatic rings. The molecule has 0 saturated carbocycles. The third kappa shape index (κ3) is 6.63. The van der Waals surface area contributed by atoms with Gasteiger partial charge in [-0.15, -0.1) is 10.2 Å². The molecule has 0 spiro atoms. The van der Waals surface area contributed by atoms with Crippen molar-refractivity contribution >= 4 is 40.7 Å². The number of carbonyl (C=O) groups is 1. The molecule has 1 heterocycles. The van der Waals surface area contributed by atoms with Gasteiger partial charge >= 0.3 is 0 Å². The normalized spacial score (nSPS) is 9.92. The first kappa shape index (κ1) is 25.8. The zero-order chi connectivity index (χ0) is 26.6. The van der Waals surface area contributed by atoms with Crippen LogP contribution in [0.15, 0.2) is 58.8 Å². The topological polar surface area (TPSA) is 179 Å². The predicted molar refractivity (Wildman–Crippen MR) is 134 cm³/mol. The Balaban J connectivity index is 2.03. The summed E-state index contributed by atoms with van der Waals surface area (Å²) in [6.07, 6.45) is 2.64. The van der Waals surface area contributed by atoms with Crippen LogP contribution in [0.4, 0.5) is 34.4 Å². The third-order valence-corrected chi connectivity index (χ3v) is 4.82. The van der Waals surface area contributed by atoms with E-state index in [0.717, 1.165) is 6.07 Å². The van der Waals surface area contributed by atoms with Crippen molar-refractivity contribution in [1.29, 1.82) is 10.5 Å². The maximum Gasteiger partial charge on any atom is 0.270 e. The number of nitriles is 2. The first-order valence-corrected chi connectivity index (χ1v) is 10.6. The standard InChI is InChI=1S/C25H18N8O4/c1-17-21(16-27)24(29-19-6-3-2-4-7-19)30-25(28-10-13-37-12-5-11-34)23(17)32-31-22-9-8-20(33(35)36)14-18(22)15-26/h2-4,6-9,11,14H,10,13H2,1H3,(H2,28,29,30). The van der Waals surface area contributed by atoms with E-state index in [1.54, 1.807) is 6.92 Å². The van der Waals surface area contributed by atoms with Crippen molar-refractivity contribution < 1.29 is 14.5 Å². The lowest BCUT2D eigenvalue weighted by molar-refractivity contribution is -0.384. The highest BCUT2D eigenvalue weighted by Gasteiger charge is 2.18. The van der Waals surface area contributed by atoms with E-state index in [1.807, 2.05) is 36.4 Å². The number of carbonyl (C=O) groups excluding carboxylic acids is 1. The molecule has 3 rings (SSSR count). The molecule has 12 nitrogen and oxygen atoms in total. The van der Waals surface area contributed by atoms with Crippen molar-refractivity contribution in [2.24, 2.45) is 10.2 Å². The number of benzene rings is 2. The van der Waals surface area contributed by atoms with Crippen LogP contribution in [-0.4, -0.2) is 29.3 Å². The number of azo groups is 1. The third-order valence-electron chi connectivity index (χ3n) is 4.82. The highest BCUT2D eigenvalue weighted by Crippen LogP contribution is 2.36. The maximum absolute atomic E-state index is 11.0. The lowest BCUT2D eigenvalue weighted by Gasteiger charge is -2.15. The average Bonchev–Trinajstić information content (AvgIpc) is 2.90. The second-order valence-corrected chi connectivity index (χ2v) is 7.17. The van der Waals surface area contributed by atoms with Crippen molar-refractivity contribution in [2.75, 3.05) is 23.8 Å². The number of hydrogen-bond donors (Lipinski definition) is 2. The lowest BCUT2D eigenvalue weighted by atomic mass is 10.1. The first-order valence-electron chi connectivity index (χ1n) is 10.6. The van der Waals surface area contributed by atoms with Crippen molar-refractivity contribution in [2.45, 2.75) is 6.92 Å². The van der Waals surface area contributed by atoms with Crippen molar-refractivity contribution in [1.82, 2.24) is 4.98 Å². The molecule has 0 aliphatic heterocycles. The second-order valence-electron chi connectivity index (χ2n) is 7.17. The summed E-state index contributed by atoms with van der Waals surface area (Å²) in [5.41, 5.74) is 1.42. The molecular formula is C25H18N8O4. The van der Waals surface area contributed by atoms with Crippen LogP contribution in [0, 0.1) is 51.7 Å². The summed E-state index contributed by atoms with van der Waals surface area (Å²) in [5.74, 6) is 2.67. The number of nitrogens with one attached hydrogen (secondary N) is 2. The summed E-state index contributed by atoms with van der Waals surface area (Å²) in [6, 6.07) is 16.8. The number of ether oxygens (including phenoxy) is 1. The summed E-state index contributed by atoms with van der Waals surface area (Å²) >= 11 is 0. The van der Waals surface area contributed by atoms with Crippen LogP contribution < -0.4 is 10.6 Å². The minimum atomic E-state index is -0.614. The van der Waals surface area contributed by atoms with Gasteiger partial charge in [0.1, 0.15) is 36.2 Å². The molecule has 0 aliphatic carbocycles. The fraction of sp³-hybridized carbons (Fsp3) is 0.120. The SMILES string of the molecule is Cc1c(C#N)c(Nc2ccccc2)nc(NCCOC#CC=O)c1N=Nc1ccc([N+](=O)[O-])cc1C#N.